The number of methoxy groups -OCH3 is 1. The summed E-state index contributed by atoms with van der Waals surface area (Å²) in [6, 6.07) is 6.33. The molecule has 0 amide bonds. The van der Waals surface area contributed by atoms with E-state index < -0.39 is 10.8 Å². The predicted octanol–water partition coefficient (Wildman–Crippen LogP) is 3.76. The van der Waals surface area contributed by atoms with E-state index in [0.717, 1.165) is 67.3 Å². The van der Waals surface area contributed by atoms with Crippen LogP contribution in [-0.2, 0) is 17.3 Å². The molecule has 1 aromatic carbocycles. The van der Waals surface area contributed by atoms with Gasteiger partial charge in [0.1, 0.15) is 11.5 Å². The third-order valence-corrected chi connectivity index (χ3v) is 7.90. The molecule has 6 nitrogen and oxygen atoms in total. The van der Waals surface area contributed by atoms with Crippen LogP contribution in [0.4, 0.5) is 0 Å². The number of aliphatic imine (C=N–C) groups is 1. The Kier molecular flexibility index (Phi) is 8.85. The maximum atomic E-state index is 12.2. The molecule has 2 N–H and O–H groups in total. The van der Waals surface area contributed by atoms with Gasteiger partial charge in [0.05, 0.1) is 13.2 Å². The summed E-state index contributed by atoms with van der Waals surface area (Å²) in [4.78, 5) is 4.41. The van der Waals surface area contributed by atoms with Gasteiger partial charge in [-0.1, -0.05) is 13.3 Å². The number of benzene rings is 1. The molecular formula is C23H37N3O3S. The molecule has 3 atom stereocenters. The van der Waals surface area contributed by atoms with Gasteiger partial charge in [0, 0.05) is 53.1 Å². The molecule has 2 saturated carbocycles. The number of hydrogen-bond donors (Lipinski definition) is 2. The molecule has 0 saturated heterocycles. The first-order valence-corrected chi connectivity index (χ1v) is 12.7. The van der Waals surface area contributed by atoms with Gasteiger partial charge in [-0.15, -0.1) is 0 Å². The first-order valence-electron chi connectivity index (χ1n) is 11.3. The number of ether oxygens (including phenoxy) is 2. The molecule has 2 aliphatic rings. The fourth-order valence-electron chi connectivity index (χ4n) is 4.42. The molecule has 168 valence electrons. The van der Waals surface area contributed by atoms with Gasteiger partial charge in [-0.05, 0) is 57.1 Å². The second-order valence-corrected chi connectivity index (χ2v) is 10.2. The Morgan fingerprint density at radius 2 is 2.00 bits per heavy atom. The predicted molar refractivity (Wildman–Crippen MR) is 124 cm³/mol. The van der Waals surface area contributed by atoms with Crippen molar-refractivity contribution in [3.05, 3.63) is 23.8 Å². The number of hydrogen-bond acceptors (Lipinski definition) is 4. The van der Waals surface area contributed by atoms with Gasteiger partial charge in [0.2, 0.25) is 0 Å². The van der Waals surface area contributed by atoms with Crippen molar-refractivity contribution >= 4 is 16.8 Å². The van der Waals surface area contributed by atoms with Crippen molar-refractivity contribution < 1.29 is 13.7 Å². The van der Waals surface area contributed by atoms with E-state index in [9.17, 15) is 4.21 Å². The highest BCUT2D eigenvalue weighted by molar-refractivity contribution is 7.85. The lowest BCUT2D eigenvalue weighted by atomic mass is 9.95. The Bertz CT molecular complexity index is 734. The number of guanidine groups is 1. The van der Waals surface area contributed by atoms with Crippen molar-refractivity contribution in [1.82, 2.24) is 10.6 Å². The molecule has 3 unspecified atom stereocenters. The van der Waals surface area contributed by atoms with E-state index in [-0.39, 0.29) is 0 Å². The van der Waals surface area contributed by atoms with Crippen molar-refractivity contribution in [2.75, 3.05) is 19.9 Å². The van der Waals surface area contributed by atoms with E-state index in [1.165, 1.54) is 12.8 Å². The lowest BCUT2D eigenvalue weighted by molar-refractivity contribution is 0.207. The van der Waals surface area contributed by atoms with Gasteiger partial charge in [-0.2, -0.15) is 0 Å². The van der Waals surface area contributed by atoms with Crippen LogP contribution in [-0.4, -0.2) is 47.5 Å². The van der Waals surface area contributed by atoms with Crippen LogP contribution in [0, 0.1) is 0 Å². The smallest absolute Gasteiger partial charge is 0.191 e. The summed E-state index contributed by atoms with van der Waals surface area (Å²) >= 11 is 0. The van der Waals surface area contributed by atoms with Crippen molar-refractivity contribution in [3.63, 3.8) is 0 Å². The molecule has 1 aromatic rings. The summed E-state index contributed by atoms with van der Waals surface area (Å²) in [5.74, 6) is 3.23. The number of nitrogens with one attached hydrogen (secondary N) is 2. The van der Waals surface area contributed by atoms with E-state index in [1.54, 1.807) is 14.2 Å². The molecular weight excluding hydrogens is 398 g/mol. The van der Waals surface area contributed by atoms with Gasteiger partial charge in [0.15, 0.2) is 5.96 Å². The highest BCUT2D eigenvalue weighted by atomic mass is 32.2. The Balaban J connectivity index is 1.59. The van der Waals surface area contributed by atoms with Crippen LogP contribution in [0.5, 0.6) is 11.5 Å². The molecule has 0 aromatic heterocycles. The molecule has 7 heteroatoms. The van der Waals surface area contributed by atoms with E-state index in [4.69, 9.17) is 9.47 Å². The Morgan fingerprint density at radius 3 is 2.70 bits per heavy atom. The summed E-state index contributed by atoms with van der Waals surface area (Å²) < 4.78 is 23.9. The summed E-state index contributed by atoms with van der Waals surface area (Å²) in [5.41, 5.74) is 1.10. The average molecular weight is 436 g/mol. The second-order valence-electron chi connectivity index (χ2n) is 8.22. The first-order chi connectivity index (χ1) is 14.6. The largest absolute Gasteiger partial charge is 0.497 e. The zero-order valence-corrected chi connectivity index (χ0v) is 19.4. The zero-order chi connectivity index (χ0) is 21.3. The SMILES string of the molecule is CCS(=O)C1CCCC(NC(=NC)NCc2ccc(OC)cc2OC2CCCC2)C1. The fourth-order valence-corrected chi connectivity index (χ4v) is 5.77. The van der Waals surface area contributed by atoms with Crippen molar-refractivity contribution in [1.29, 1.82) is 0 Å². The number of rotatable bonds is 8. The summed E-state index contributed by atoms with van der Waals surface area (Å²) in [6.07, 6.45) is 9.24. The third-order valence-electron chi connectivity index (χ3n) is 6.16. The molecule has 30 heavy (non-hydrogen) atoms. The van der Waals surface area contributed by atoms with Crippen LogP contribution >= 0.6 is 0 Å². The van der Waals surface area contributed by atoms with Crippen LogP contribution in [0.15, 0.2) is 23.2 Å². The minimum absolute atomic E-state index is 0.298. The van der Waals surface area contributed by atoms with Crippen LogP contribution in [0.1, 0.15) is 63.9 Å². The minimum Gasteiger partial charge on any atom is -0.497 e. The maximum Gasteiger partial charge on any atom is 0.191 e. The van der Waals surface area contributed by atoms with Gasteiger partial charge >= 0.3 is 0 Å². The average Bonchev–Trinajstić information content (AvgIpc) is 3.29. The van der Waals surface area contributed by atoms with Crippen LogP contribution in [0.25, 0.3) is 0 Å². The van der Waals surface area contributed by atoms with Crippen molar-refractivity contribution in [2.24, 2.45) is 4.99 Å². The number of nitrogens with zero attached hydrogens (tertiary/aromatic N) is 1. The quantitative estimate of drug-likeness (QED) is 0.480. The summed E-state index contributed by atoms with van der Waals surface area (Å²) in [6.45, 7) is 2.64. The normalized spacial score (nSPS) is 23.8. The molecule has 2 aliphatic carbocycles. The van der Waals surface area contributed by atoms with E-state index >= 15 is 0 Å². The molecule has 0 heterocycles. The fraction of sp³-hybridized carbons (Fsp3) is 0.696. The Labute approximate surface area is 183 Å². The molecule has 0 radical (unpaired) electrons. The van der Waals surface area contributed by atoms with Crippen LogP contribution in [0.2, 0.25) is 0 Å². The highest BCUT2D eigenvalue weighted by Crippen LogP contribution is 2.30. The van der Waals surface area contributed by atoms with Gasteiger partial charge in [-0.3, -0.25) is 9.20 Å². The maximum absolute atomic E-state index is 12.2. The lowest BCUT2D eigenvalue weighted by Crippen LogP contribution is -2.46. The van der Waals surface area contributed by atoms with E-state index in [2.05, 4.69) is 21.7 Å². The second kappa shape index (κ2) is 11.6. The van der Waals surface area contributed by atoms with Crippen LogP contribution in [0.3, 0.4) is 0 Å². The van der Waals surface area contributed by atoms with Gasteiger partial charge in [-0.25, -0.2) is 0 Å². The van der Waals surface area contributed by atoms with Crippen molar-refractivity contribution in [2.45, 2.75) is 82.2 Å². The molecule has 2 fully saturated rings. The van der Waals surface area contributed by atoms with Crippen molar-refractivity contribution in [3.8, 4) is 11.5 Å². The molecule has 0 bridgehead atoms. The third kappa shape index (κ3) is 6.37. The highest BCUT2D eigenvalue weighted by Gasteiger charge is 2.26. The van der Waals surface area contributed by atoms with E-state index in [1.807, 2.05) is 19.1 Å². The van der Waals surface area contributed by atoms with Crippen LogP contribution < -0.4 is 20.1 Å². The standard InChI is InChI=1S/C23H37N3O3S/c1-4-30(27)21-11-7-8-18(14-21)26-23(24-2)25-16-17-12-13-20(28-3)15-22(17)29-19-9-5-6-10-19/h12-13,15,18-19,21H,4-11,14,16H2,1-3H3,(H2,24,25,26). The first kappa shape index (κ1) is 22.9. The lowest BCUT2D eigenvalue weighted by Gasteiger charge is -2.30. The molecule has 0 spiro atoms. The topological polar surface area (TPSA) is 72.0 Å². The summed E-state index contributed by atoms with van der Waals surface area (Å²) in [5, 5.41) is 7.27. The zero-order valence-electron chi connectivity index (χ0n) is 18.6. The van der Waals surface area contributed by atoms with Gasteiger partial charge < -0.3 is 20.1 Å². The minimum atomic E-state index is -0.722. The Hall–Kier alpha value is -1.76. The van der Waals surface area contributed by atoms with E-state index in [0.29, 0.717) is 23.9 Å². The molecule has 3 rings (SSSR count). The summed E-state index contributed by atoms with van der Waals surface area (Å²) in [7, 11) is 2.76. The molecule has 0 aliphatic heterocycles. The Morgan fingerprint density at radius 1 is 1.20 bits per heavy atom. The van der Waals surface area contributed by atoms with Gasteiger partial charge in [0.25, 0.3) is 0 Å². The monoisotopic (exact) mass is 435 g/mol.